The fourth-order valence-corrected chi connectivity index (χ4v) is 5.27. The highest BCUT2D eigenvalue weighted by Gasteiger charge is 2.37. The van der Waals surface area contributed by atoms with Gasteiger partial charge in [0.1, 0.15) is 11.6 Å². The molecule has 138 valence electrons. The predicted octanol–water partition coefficient (Wildman–Crippen LogP) is 1.68. The zero-order valence-electron chi connectivity index (χ0n) is 13.9. The van der Waals surface area contributed by atoms with Crippen molar-refractivity contribution in [3.63, 3.8) is 0 Å². The Labute approximate surface area is 153 Å². The lowest BCUT2D eigenvalue weighted by molar-refractivity contribution is 0.0993. The monoisotopic (exact) mass is 379 g/mol. The highest BCUT2D eigenvalue weighted by atomic mass is 32.2. The molecule has 1 saturated heterocycles. The highest BCUT2D eigenvalue weighted by molar-refractivity contribution is 7.99. The molecule has 4 rings (SSSR count). The van der Waals surface area contributed by atoms with Gasteiger partial charge in [-0.1, -0.05) is 0 Å². The Kier molecular flexibility index (Phi) is 4.45. The smallest absolute Gasteiger partial charge is 0.269 e. The molecule has 9 heteroatoms. The molecule has 1 aromatic carbocycles. The molecule has 5 N–H and O–H groups in total. The van der Waals surface area contributed by atoms with Crippen LogP contribution in [0.4, 0.5) is 8.78 Å². The van der Waals surface area contributed by atoms with Gasteiger partial charge in [0, 0.05) is 47.3 Å². The summed E-state index contributed by atoms with van der Waals surface area (Å²) in [5, 5.41) is 6.57. The highest BCUT2D eigenvalue weighted by Crippen LogP contribution is 2.41. The maximum absolute atomic E-state index is 14.1. The summed E-state index contributed by atoms with van der Waals surface area (Å²) in [4.78, 5) is 13.7. The molecule has 3 atom stereocenters. The molecule has 6 nitrogen and oxygen atoms in total. The number of hydrogen-bond acceptors (Lipinski definition) is 5. The van der Waals surface area contributed by atoms with E-state index in [0.717, 1.165) is 29.1 Å². The lowest BCUT2D eigenvalue weighted by Gasteiger charge is -2.38. The quantitative estimate of drug-likeness (QED) is 0.753. The average Bonchev–Trinajstić information content (AvgIpc) is 3.17. The van der Waals surface area contributed by atoms with Crippen molar-refractivity contribution in [2.24, 2.45) is 11.5 Å². The predicted molar refractivity (Wildman–Crippen MR) is 94.3 cm³/mol. The van der Waals surface area contributed by atoms with Crippen molar-refractivity contribution in [3.8, 4) is 0 Å². The summed E-state index contributed by atoms with van der Waals surface area (Å²) < 4.78 is 27.6. The molecule has 1 aromatic heterocycles. The normalized spacial score (nSPS) is 26.0. The third-order valence-electron chi connectivity index (χ3n) is 5.09. The van der Waals surface area contributed by atoms with Crippen LogP contribution >= 0.6 is 11.8 Å². The van der Waals surface area contributed by atoms with Crippen LogP contribution in [0.2, 0.25) is 0 Å². The molecule has 0 saturated carbocycles. The molecule has 0 radical (unpaired) electrons. The number of hydrogen-bond donors (Lipinski definition) is 3. The number of primary amides is 1. The van der Waals surface area contributed by atoms with Crippen molar-refractivity contribution in [1.82, 2.24) is 15.1 Å². The fraction of sp³-hybridized carbons (Fsp3) is 0.412. The number of carbonyl (C=O) groups is 1. The first-order valence-corrected chi connectivity index (χ1v) is 9.41. The Morgan fingerprint density at radius 3 is 2.88 bits per heavy atom. The van der Waals surface area contributed by atoms with Crippen molar-refractivity contribution >= 4 is 17.7 Å². The number of aromatic nitrogens is 2. The van der Waals surface area contributed by atoms with E-state index in [2.05, 4.69) is 15.1 Å². The van der Waals surface area contributed by atoms with Gasteiger partial charge >= 0.3 is 0 Å². The number of H-pyrrole nitrogens is 1. The Balaban J connectivity index is 1.46. The molecule has 26 heavy (non-hydrogen) atoms. The van der Waals surface area contributed by atoms with Crippen molar-refractivity contribution in [1.29, 1.82) is 0 Å². The second kappa shape index (κ2) is 6.64. The lowest BCUT2D eigenvalue weighted by atomic mass is 9.98. The van der Waals surface area contributed by atoms with Crippen molar-refractivity contribution < 1.29 is 13.6 Å². The summed E-state index contributed by atoms with van der Waals surface area (Å²) in [5.74, 6) is -0.676. The molecule has 2 aromatic rings. The first-order valence-electron chi connectivity index (χ1n) is 8.36. The first-order chi connectivity index (χ1) is 12.4. The molecule has 2 aliphatic heterocycles. The van der Waals surface area contributed by atoms with Gasteiger partial charge < -0.3 is 11.5 Å². The molecule has 0 bridgehead atoms. The Morgan fingerprint density at radius 2 is 2.15 bits per heavy atom. The molecule has 1 amide bonds. The molecular weight excluding hydrogens is 360 g/mol. The number of fused-ring (bicyclic) bond motifs is 1. The number of nitrogens with two attached hydrogens (primary N) is 2. The van der Waals surface area contributed by atoms with Crippen LogP contribution in [-0.2, 0) is 13.1 Å². The van der Waals surface area contributed by atoms with E-state index < -0.39 is 17.5 Å². The number of halogens is 2. The van der Waals surface area contributed by atoms with Gasteiger partial charge in [0.25, 0.3) is 5.91 Å². The second-order valence-electron chi connectivity index (χ2n) is 6.77. The van der Waals surface area contributed by atoms with Crippen molar-refractivity contribution in [2.45, 2.75) is 36.8 Å². The third-order valence-corrected chi connectivity index (χ3v) is 6.63. The van der Waals surface area contributed by atoms with E-state index in [9.17, 15) is 13.6 Å². The third kappa shape index (κ3) is 3.00. The SMILES string of the molecule is NC(=O)c1n[nH]c2c1CN([C@H]1CS[C@H](c3cc(F)ccc3F)[C@@H](N)C1)C2. The number of amides is 1. The van der Waals surface area contributed by atoms with Crippen LogP contribution in [0.25, 0.3) is 0 Å². The summed E-state index contributed by atoms with van der Waals surface area (Å²) in [6.07, 6.45) is 0.664. The maximum atomic E-state index is 14.1. The minimum Gasteiger partial charge on any atom is -0.364 e. The molecule has 3 heterocycles. The van der Waals surface area contributed by atoms with Crippen LogP contribution in [0, 0.1) is 11.6 Å². The number of nitrogens with one attached hydrogen (secondary N) is 1. The van der Waals surface area contributed by atoms with E-state index in [1.54, 1.807) is 11.8 Å². The number of nitrogens with zero attached hydrogens (tertiary/aromatic N) is 2. The van der Waals surface area contributed by atoms with Crippen LogP contribution in [0.5, 0.6) is 0 Å². The fourth-order valence-electron chi connectivity index (χ4n) is 3.78. The standard InChI is InChI=1S/C17H19F2N5OS/c18-8-1-2-12(19)10(3-8)16-13(20)4-9(7-26-16)24-5-11-14(6-24)22-23-15(11)17(21)25/h1-3,9,13,16H,4-7,20H2,(H2,21,25)(H,22,23)/t9-,13+,16-/m1/s1. The van der Waals surface area contributed by atoms with Gasteiger partial charge in [-0.25, -0.2) is 8.78 Å². The van der Waals surface area contributed by atoms with Gasteiger partial charge in [0.05, 0.1) is 5.69 Å². The lowest BCUT2D eigenvalue weighted by Crippen LogP contribution is -2.44. The van der Waals surface area contributed by atoms with Crippen LogP contribution in [0.1, 0.15) is 39.0 Å². The number of benzene rings is 1. The summed E-state index contributed by atoms with van der Waals surface area (Å²) in [7, 11) is 0. The van der Waals surface area contributed by atoms with E-state index in [4.69, 9.17) is 11.5 Å². The zero-order chi connectivity index (χ0) is 18.4. The van der Waals surface area contributed by atoms with Gasteiger partial charge in [0.15, 0.2) is 5.69 Å². The number of rotatable bonds is 3. The van der Waals surface area contributed by atoms with Crippen LogP contribution in [-0.4, -0.2) is 38.8 Å². The summed E-state index contributed by atoms with van der Waals surface area (Å²) in [5.41, 5.74) is 14.0. The van der Waals surface area contributed by atoms with Gasteiger partial charge in [-0.15, -0.1) is 0 Å². The molecule has 0 aliphatic carbocycles. The summed E-state index contributed by atoms with van der Waals surface area (Å²) >= 11 is 1.54. The molecule has 0 unspecified atom stereocenters. The Hall–Kier alpha value is -1.97. The molecule has 2 aliphatic rings. The van der Waals surface area contributed by atoms with E-state index in [-0.39, 0.29) is 23.0 Å². The molecule has 1 fully saturated rings. The van der Waals surface area contributed by atoms with Crippen molar-refractivity contribution in [2.75, 3.05) is 5.75 Å². The topological polar surface area (TPSA) is 101 Å². The molecular formula is C17H19F2N5OS. The van der Waals surface area contributed by atoms with Gasteiger partial charge in [-0.05, 0) is 24.6 Å². The van der Waals surface area contributed by atoms with Crippen LogP contribution in [0.3, 0.4) is 0 Å². The van der Waals surface area contributed by atoms with Crippen molar-refractivity contribution in [3.05, 3.63) is 52.3 Å². The number of thioether (sulfide) groups is 1. The van der Waals surface area contributed by atoms with Crippen LogP contribution < -0.4 is 11.5 Å². The Morgan fingerprint density at radius 1 is 1.35 bits per heavy atom. The number of aromatic amines is 1. The minimum absolute atomic E-state index is 0.185. The Bertz CT molecular complexity index is 858. The van der Waals surface area contributed by atoms with Gasteiger partial charge in [-0.2, -0.15) is 16.9 Å². The van der Waals surface area contributed by atoms with Crippen LogP contribution in [0.15, 0.2) is 18.2 Å². The maximum Gasteiger partial charge on any atom is 0.269 e. The van der Waals surface area contributed by atoms with E-state index in [1.807, 2.05) is 0 Å². The molecule has 0 spiro atoms. The van der Waals surface area contributed by atoms with E-state index in [0.29, 0.717) is 25.1 Å². The summed E-state index contributed by atoms with van der Waals surface area (Å²) in [6, 6.07) is 3.39. The summed E-state index contributed by atoms with van der Waals surface area (Å²) in [6.45, 7) is 1.23. The number of carbonyl (C=O) groups excluding carboxylic acids is 1. The van der Waals surface area contributed by atoms with Gasteiger partial charge in [0.2, 0.25) is 0 Å². The zero-order valence-corrected chi connectivity index (χ0v) is 14.7. The van der Waals surface area contributed by atoms with E-state index in [1.165, 1.54) is 6.07 Å². The minimum atomic E-state index is -0.541. The van der Waals surface area contributed by atoms with E-state index >= 15 is 0 Å². The first kappa shape index (κ1) is 17.4. The van der Waals surface area contributed by atoms with Gasteiger partial charge in [-0.3, -0.25) is 14.8 Å². The second-order valence-corrected chi connectivity index (χ2v) is 7.95. The largest absolute Gasteiger partial charge is 0.364 e. The average molecular weight is 379 g/mol.